The lowest BCUT2D eigenvalue weighted by Crippen LogP contribution is -2.25. The molecule has 2 N–H and O–H groups in total. The molecule has 0 spiro atoms. The van der Waals surface area contributed by atoms with Gasteiger partial charge in [0.1, 0.15) is 0 Å². The summed E-state index contributed by atoms with van der Waals surface area (Å²) in [7, 11) is 0. The predicted octanol–water partition coefficient (Wildman–Crippen LogP) is 1.32. The quantitative estimate of drug-likeness (QED) is 0.661. The van der Waals surface area contributed by atoms with Crippen LogP contribution in [0.1, 0.15) is 45.4 Å². The number of rotatable bonds is 7. The molecule has 98 valence electrons. The maximum Gasteiger partial charge on any atom is 0.303 e. The van der Waals surface area contributed by atoms with Crippen molar-refractivity contribution >= 4 is 11.9 Å². The molecule has 1 amide bonds. The van der Waals surface area contributed by atoms with Gasteiger partial charge in [0.15, 0.2) is 0 Å². The molecule has 0 unspecified atom stereocenters. The standard InChI is InChI=1S/C12H21NO4/c1-9-4-5-10(17-9)6-7-11(14)13-8-2-3-12(15)16/h9-10H,2-8H2,1H3,(H,13,14)(H,15,16)/t9-,10+/m0/s1. The summed E-state index contributed by atoms with van der Waals surface area (Å²) in [4.78, 5) is 21.7. The van der Waals surface area contributed by atoms with Crippen LogP contribution in [0, 0.1) is 0 Å². The summed E-state index contributed by atoms with van der Waals surface area (Å²) in [5, 5.41) is 11.1. The maximum absolute atomic E-state index is 11.4. The molecule has 1 aliphatic rings. The fraction of sp³-hybridized carbons (Fsp3) is 0.833. The molecule has 0 aromatic rings. The highest BCUT2D eigenvalue weighted by Gasteiger charge is 2.21. The van der Waals surface area contributed by atoms with Gasteiger partial charge in [-0.1, -0.05) is 0 Å². The molecule has 0 aromatic carbocycles. The largest absolute Gasteiger partial charge is 0.481 e. The van der Waals surface area contributed by atoms with E-state index in [-0.39, 0.29) is 18.4 Å². The first-order valence-electron chi connectivity index (χ1n) is 6.22. The van der Waals surface area contributed by atoms with Crippen molar-refractivity contribution in [2.45, 2.75) is 57.7 Å². The van der Waals surface area contributed by atoms with Crippen molar-refractivity contribution in [2.75, 3.05) is 6.54 Å². The van der Waals surface area contributed by atoms with Crippen LogP contribution in [0.4, 0.5) is 0 Å². The third-order valence-corrected chi connectivity index (χ3v) is 2.90. The van der Waals surface area contributed by atoms with Crippen LogP contribution in [0.25, 0.3) is 0 Å². The second-order valence-electron chi connectivity index (χ2n) is 4.53. The van der Waals surface area contributed by atoms with Gasteiger partial charge in [-0.3, -0.25) is 9.59 Å². The molecule has 1 saturated heterocycles. The minimum atomic E-state index is -0.826. The molecule has 5 nitrogen and oxygen atoms in total. The van der Waals surface area contributed by atoms with Gasteiger partial charge in [0.2, 0.25) is 5.91 Å². The van der Waals surface area contributed by atoms with E-state index in [1.54, 1.807) is 0 Å². The van der Waals surface area contributed by atoms with E-state index in [1.165, 1.54) is 0 Å². The molecule has 1 fully saturated rings. The first kappa shape index (κ1) is 14.0. The summed E-state index contributed by atoms with van der Waals surface area (Å²) in [6.45, 7) is 2.49. The molecular weight excluding hydrogens is 222 g/mol. The van der Waals surface area contributed by atoms with Crippen LogP contribution in [0.3, 0.4) is 0 Å². The van der Waals surface area contributed by atoms with E-state index >= 15 is 0 Å². The van der Waals surface area contributed by atoms with Crippen molar-refractivity contribution in [1.29, 1.82) is 0 Å². The van der Waals surface area contributed by atoms with Crippen molar-refractivity contribution in [3.8, 4) is 0 Å². The Kier molecular flexibility index (Phi) is 5.97. The van der Waals surface area contributed by atoms with Gasteiger partial charge in [-0.15, -0.1) is 0 Å². The Morgan fingerprint density at radius 3 is 2.71 bits per heavy atom. The van der Waals surface area contributed by atoms with E-state index in [0.29, 0.717) is 25.5 Å². The number of hydrogen-bond acceptors (Lipinski definition) is 3. The number of carbonyl (C=O) groups excluding carboxylic acids is 1. The van der Waals surface area contributed by atoms with Crippen molar-refractivity contribution in [3.63, 3.8) is 0 Å². The van der Waals surface area contributed by atoms with Gasteiger partial charge >= 0.3 is 5.97 Å². The number of hydrogen-bond donors (Lipinski definition) is 2. The number of ether oxygens (including phenoxy) is 1. The predicted molar refractivity (Wildman–Crippen MR) is 62.7 cm³/mol. The summed E-state index contributed by atoms with van der Waals surface area (Å²) in [5.41, 5.74) is 0. The highest BCUT2D eigenvalue weighted by atomic mass is 16.5. The maximum atomic E-state index is 11.4. The number of amides is 1. The van der Waals surface area contributed by atoms with Gasteiger partial charge < -0.3 is 15.2 Å². The van der Waals surface area contributed by atoms with Crippen LogP contribution in [0.5, 0.6) is 0 Å². The monoisotopic (exact) mass is 243 g/mol. The lowest BCUT2D eigenvalue weighted by atomic mass is 10.1. The zero-order valence-electron chi connectivity index (χ0n) is 10.3. The van der Waals surface area contributed by atoms with Crippen molar-refractivity contribution in [2.24, 2.45) is 0 Å². The van der Waals surface area contributed by atoms with Gasteiger partial charge in [-0.25, -0.2) is 0 Å². The van der Waals surface area contributed by atoms with E-state index in [1.807, 2.05) is 6.92 Å². The lowest BCUT2D eigenvalue weighted by Gasteiger charge is -2.10. The Morgan fingerprint density at radius 2 is 2.12 bits per heavy atom. The normalized spacial score (nSPS) is 23.6. The van der Waals surface area contributed by atoms with Crippen LogP contribution >= 0.6 is 0 Å². The minimum absolute atomic E-state index is 0.0152. The highest BCUT2D eigenvalue weighted by Crippen LogP contribution is 2.22. The zero-order valence-corrected chi connectivity index (χ0v) is 10.3. The first-order valence-corrected chi connectivity index (χ1v) is 6.22. The molecule has 17 heavy (non-hydrogen) atoms. The summed E-state index contributed by atoms with van der Waals surface area (Å²) in [6, 6.07) is 0. The Morgan fingerprint density at radius 1 is 1.35 bits per heavy atom. The van der Waals surface area contributed by atoms with E-state index in [9.17, 15) is 9.59 Å². The molecule has 1 aliphatic heterocycles. The Labute approximate surface area is 102 Å². The number of nitrogens with one attached hydrogen (secondary N) is 1. The van der Waals surface area contributed by atoms with E-state index < -0.39 is 5.97 Å². The van der Waals surface area contributed by atoms with Gasteiger partial charge in [0.05, 0.1) is 12.2 Å². The fourth-order valence-corrected chi connectivity index (χ4v) is 1.95. The molecule has 1 rings (SSSR count). The smallest absolute Gasteiger partial charge is 0.303 e. The Hall–Kier alpha value is -1.10. The lowest BCUT2D eigenvalue weighted by molar-refractivity contribution is -0.137. The Balaban J connectivity index is 1.99. The topological polar surface area (TPSA) is 75.6 Å². The molecule has 2 atom stereocenters. The average molecular weight is 243 g/mol. The van der Waals surface area contributed by atoms with Crippen LogP contribution < -0.4 is 5.32 Å². The summed E-state index contributed by atoms with van der Waals surface area (Å²) in [5.74, 6) is -0.842. The van der Waals surface area contributed by atoms with Crippen LogP contribution in [-0.4, -0.2) is 35.7 Å². The molecule has 1 heterocycles. The second kappa shape index (κ2) is 7.27. The van der Waals surface area contributed by atoms with E-state index in [2.05, 4.69) is 5.32 Å². The van der Waals surface area contributed by atoms with Gasteiger partial charge in [0.25, 0.3) is 0 Å². The zero-order chi connectivity index (χ0) is 12.7. The number of aliphatic carboxylic acids is 1. The summed E-state index contributed by atoms with van der Waals surface area (Å²) >= 11 is 0. The third kappa shape index (κ3) is 6.26. The SMILES string of the molecule is C[C@H]1CC[C@H](CCC(=O)NCCCC(=O)O)O1. The first-order chi connectivity index (χ1) is 8.08. The van der Waals surface area contributed by atoms with Gasteiger partial charge in [0, 0.05) is 19.4 Å². The summed E-state index contributed by atoms with van der Waals surface area (Å²) in [6.07, 6.45) is 4.45. The van der Waals surface area contributed by atoms with Crippen LogP contribution in [0.2, 0.25) is 0 Å². The van der Waals surface area contributed by atoms with Crippen molar-refractivity contribution in [3.05, 3.63) is 0 Å². The van der Waals surface area contributed by atoms with Gasteiger partial charge in [-0.05, 0) is 32.6 Å². The third-order valence-electron chi connectivity index (χ3n) is 2.90. The van der Waals surface area contributed by atoms with E-state index in [4.69, 9.17) is 9.84 Å². The molecule has 0 saturated carbocycles. The number of carboxylic acids is 1. The van der Waals surface area contributed by atoms with Crippen molar-refractivity contribution in [1.82, 2.24) is 5.32 Å². The van der Waals surface area contributed by atoms with Crippen LogP contribution in [0.15, 0.2) is 0 Å². The highest BCUT2D eigenvalue weighted by molar-refractivity contribution is 5.75. The Bertz CT molecular complexity index is 267. The van der Waals surface area contributed by atoms with Crippen molar-refractivity contribution < 1.29 is 19.4 Å². The van der Waals surface area contributed by atoms with E-state index in [0.717, 1.165) is 19.3 Å². The molecule has 0 aromatic heterocycles. The number of carbonyl (C=O) groups is 2. The van der Waals surface area contributed by atoms with Gasteiger partial charge in [-0.2, -0.15) is 0 Å². The number of carboxylic acid groups (broad SMARTS) is 1. The molecule has 0 radical (unpaired) electrons. The summed E-state index contributed by atoms with van der Waals surface area (Å²) < 4.78 is 5.61. The minimum Gasteiger partial charge on any atom is -0.481 e. The second-order valence-corrected chi connectivity index (χ2v) is 4.53. The fourth-order valence-electron chi connectivity index (χ4n) is 1.95. The van der Waals surface area contributed by atoms with Crippen LogP contribution in [-0.2, 0) is 14.3 Å². The molecular formula is C12H21NO4. The molecule has 0 bridgehead atoms. The molecule has 5 heteroatoms. The molecule has 0 aliphatic carbocycles. The average Bonchev–Trinajstić information content (AvgIpc) is 2.67.